The molecule has 0 aliphatic carbocycles. The summed E-state index contributed by atoms with van der Waals surface area (Å²) in [5.41, 5.74) is 7.79. The quantitative estimate of drug-likeness (QED) is 0.108. The Morgan fingerprint density at radius 3 is 1.42 bits per heavy atom. The summed E-state index contributed by atoms with van der Waals surface area (Å²) >= 11 is 1.79. The summed E-state index contributed by atoms with van der Waals surface area (Å²) in [6, 6.07) is 29.9. The standard InChI is InChI=1S/C48H54N2O2S/c1-7-11-13-33(9-3)29-49-45-38-25-27-41-44(37-22-20-35(21-23-37)42-28-17-32(6)53-42)48(52)50(30-34(10-4)14-12-8-2)46(41)39(38)24-26-40(45)43(47(49)51)36-18-15-31(5)16-19-36/h15-28,33-34H,7-14,29-30H2,1-6H3. The smallest absolute Gasteiger partial charge is 0.259 e. The first-order chi connectivity index (χ1) is 25.8. The molecule has 0 N–H and O–H groups in total. The van der Waals surface area contributed by atoms with Crippen LogP contribution in [-0.2, 0) is 9.59 Å². The Morgan fingerprint density at radius 1 is 0.547 bits per heavy atom. The maximum Gasteiger partial charge on any atom is 0.259 e. The van der Waals surface area contributed by atoms with Crippen LogP contribution in [0.5, 0.6) is 0 Å². The van der Waals surface area contributed by atoms with E-state index in [4.69, 9.17) is 0 Å². The lowest BCUT2D eigenvalue weighted by Gasteiger charge is -2.27. The van der Waals surface area contributed by atoms with Crippen LogP contribution in [0.3, 0.4) is 0 Å². The molecule has 4 aromatic carbocycles. The minimum Gasteiger partial charge on any atom is -0.307 e. The Hall–Kier alpha value is -4.48. The van der Waals surface area contributed by atoms with Crippen LogP contribution in [0.25, 0.3) is 32.4 Å². The lowest BCUT2D eigenvalue weighted by Crippen LogP contribution is -2.34. The van der Waals surface area contributed by atoms with Crippen LogP contribution in [0.15, 0.2) is 84.9 Å². The zero-order chi connectivity index (χ0) is 37.2. The largest absolute Gasteiger partial charge is 0.307 e. The molecule has 0 spiro atoms. The fourth-order valence-corrected chi connectivity index (χ4v) is 9.30. The lowest BCUT2D eigenvalue weighted by atomic mass is 9.97. The molecule has 53 heavy (non-hydrogen) atoms. The van der Waals surface area contributed by atoms with Gasteiger partial charge in [-0.05, 0) is 67.3 Å². The Labute approximate surface area is 319 Å². The van der Waals surface area contributed by atoms with E-state index >= 15 is 0 Å². The summed E-state index contributed by atoms with van der Waals surface area (Å²) < 4.78 is 0. The van der Waals surface area contributed by atoms with Gasteiger partial charge in [0.1, 0.15) is 0 Å². The number of thiophene rings is 1. The van der Waals surface area contributed by atoms with Crippen LogP contribution < -0.4 is 20.2 Å². The van der Waals surface area contributed by atoms with Gasteiger partial charge in [0, 0.05) is 44.1 Å². The minimum atomic E-state index is 0.0770. The van der Waals surface area contributed by atoms with Crippen molar-refractivity contribution in [2.45, 2.75) is 92.9 Å². The summed E-state index contributed by atoms with van der Waals surface area (Å²) in [4.78, 5) is 36.1. The van der Waals surface area contributed by atoms with Gasteiger partial charge in [-0.15, -0.1) is 11.3 Å². The fraction of sp³-hybridized carbons (Fsp3) is 0.375. The number of benzene rings is 4. The highest BCUT2D eigenvalue weighted by molar-refractivity contribution is 7.15. The predicted molar refractivity (Wildman–Crippen MR) is 225 cm³/mol. The molecule has 4 nitrogen and oxygen atoms in total. The molecule has 2 aliphatic rings. The van der Waals surface area contributed by atoms with E-state index < -0.39 is 0 Å². The average molecular weight is 723 g/mol. The molecule has 2 amide bonds. The molecule has 0 bridgehead atoms. The van der Waals surface area contributed by atoms with E-state index in [1.165, 1.54) is 20.9 Å². The van der Waals surface area contributed by atoms with Crippen molar-refractivity contribution in [1.29, 1.82) is 0 Å². The Balaban J connectivity index is 1.44. The van der Waals surface area contributed by atoms with Crippen LogP contribution >= 0.6 is 11.3 Å². The molecule has 5 aromatic rings. The van der Waals surface area contributed by atoms with Gasteiger partial charge in [-0.25, -0.2) is 0 Å². The maximum atomic E-state index is 14.8. The monoisotopic (exact) mass is 722 g/mol. The summed E-state index contributed by atoms with van der Waals surface area (Å²) in [5.74, 6) is 0.979. The third-order valence-electron chi connectivity index (χ3n) is 11.6. The third-order valence-corrected chi connectivity index (χ3v) is 12.7. The van der Waals surface area contributed by atoms with Gasteiger partial charge in [-0.1, -0.05) is 145 Å². The number of hydrogen-bond donors (Lipinski definition) is 0. The number of aryl methyl sites for hydroxylation is 2. The van der Waals surface area contributed by atoms with E-state index in [0.29, 0.717) is 24.9 Å². The lowest BCUT2D eigenvalue weighted by molar-refractivity contribution is -0.114. The number of nitrogens with zero attached hydrogens (tertiary/aromatic N) is 2. The highest BCUT2D eigenvalue weighted by Crippen LogP contribution is 2.39. The second kappa shape index (κ2) is 15.9. The van der Waals surface area contributed by atoms with Crippen LogP contribution in [0.2, 0.25) is 0 Å². The molecule has 0 saturated heterocycles. The molecule has 0 saturated carbocycles. The number of fused-ring (bicyclic) bond motifs is 5. The molecular weight excluding hydrogens is 669 g/mol. The predicted octanol–water partition coefficient (Wildman–Crippen LogP) is 10.7. The molecule has 274 valence electrons. The number of anilines is 2. The van der Waals surface area contributed by atoms with Crippen LogP contribution in [0.1, 0.15) is 101 Å². The molecule has 2 atom stereocenters. The van der Waals surface area contributed by atoms with E-state index in [2.05, 4.69) is 136 Å². The number of rotatable bonds is 15. The summed E-state index contributed by atoms with van der Waals surface area (Å²) in [6.45, 7) is 14.6. The molecule has 2 unspecified atom stereocenters. The first kappa shape index (κ1) is 36.9. The van der Waals surface area contributed by atoms with Gasteiger partial charge >= 0.3 is 0 Å². The van der Waals surface area contributed by atoms with E-state index in [1.54, 1.807) is 11.3 Å². The minimum absolute atomic E-state index is 0.0770. The first-order valence-electron chi connectivity index (χ1n) is 20.0. The van der Waals surface area contributed by atoms with Gasteiger partial charge in [-0.3, -0.25) is 9.59 Å². The molecule has 7 rings (SSSR count). The first-order valence-corrected chi connectivity index (χ1v) is 20.8. The van der Waals surface area contributed by atoms with Gasteiger partial charge in [-0.2, -0.15) is 0 Å². The number of carbonyl (C=O) groups is 2. The van der Waals surface area contributed by atoms with Crippen molar-refractivity contribution < 1.29 is 9.59 Å². The average Bonchev–Trinajstić information content (AvgIpc) is 3.82. The maximum absolute atomic E-state index is 14.8. The van der Waals surface area contributed by atoms with Gasteiger partial charge in [0.15, 0.2) is 0 Å². The normalized spacial score (nSPS) is 15.1. The van der Waals surface area contributed by atoms with Crippen LogP contribution in [0.4, 0.5) is 11.4 Å². The van der Waals surface area contributed by atoms with Gasteiger partial charge in [0.05, 0.1) is 22.5 Å². The number of carbonyl (C=O) groups excluding carboxylic acids is 2. The molecule has 0 fully saturated rings. The third kappa shape index (κ3) is 7.01. The van der Waals surface area contributed by atoms with Gasteiger partial charge in [0.2, 0.25) is 0 Å². The highest BCUT2D eigenvalue weighted by atomic mass is 32.1. The summed E-state index contributed by atoms with van der Waals surface area (Å²) in [5, 5.41) is 4.07. The molecular formula is C48H54N2O2S. The number of hydrogen-bond acceptors (Lipinski definition) is 3. The summed E-state index contributed by atoms with van der Waals surface area (Å²) in [7, 11) is 0. The number of unbranched alkanes of at least 4 members (excludes halogenated alkanes) is 2. The topological polar surface area (TPSA) is 40.6 Å². The van der Waals surface area contributed by atoms with E-state index in [0.717, 1.165) is 106 Å². The van der Waals surface area contributed by atoms with Crippen LogP contribution in [-0.4, -0.2) is 24.9 Å². The molecule has 2 aliphatic heterocycles. The fourth-order valence-electron chi connectivity index (χ4n) is 8.43. The van der Waals surface area contributed by atoms with Crippen molar-refractivity contribution in [2.24, 2.45) is 11.8 Å². The van der Waals surface area contributed by atoms with E-state index in [1.807, 2.05) is 0 Å². The zero-order valence-electron chi connectivity index (χ0n) is 32.4. The Bertz CT molecular complexity index is 2260. The van der Waals surface area contributed by atoms with E-state index in [-0.39, 0.29) is 11.8 Å². The zero-order valence-corrected chi connectivity index (χ0v) is 33.2. The number of amides is 2. The Morgan fingerprint density at radius 2 is 1.00 bits per heavy atom. The van der Waals surface area contributed by atoms with Crippen LogP contribution in [0, 0.1) is 25.7 Å². The molecule has 3 heterocycles. The van der Waals surface area contributed by atoms with Crippen molar-refractivity contribution >= 4 is 56.4 Å². The van der Waals surface area contributed by atoms with Crippen molar-refractivity contribution in [1.82, 2.24) is 0 Å². The molecule has 1 aromatic heterocycles. The van der Waals surface area contributed by atoms with Crippen molar-refractivity contribution in [2.75, 3.05) is 22.9 Å². The molecule has 0 radical (unpaired) electrons. The van der Waals surface area contributed by atoms with Crippen molar-refractivity contribution in [3.8, 4) is 10.4 Å². The second-order valence-electron chi connectivity index (χ2n) is 15.3. The second-order valence-corrected chi connectivity index (χ2v) is 16.6. The van der Waals surface area contributed by atoms with Gasteiger partial charge < -0.3 is 9.80 Å². The van der Waals surface area contributed by atoms with Crippen molar-refractivity contribution in [3.63, 3.8) is 0 Å². The molecule has 5 heteroatoms. The Kier molecular flexibility index (Phi) is 11.0. The van der Waals surface area contributed by atoms with E-state index in [9.17, 15) is 9.59 Å². The van der Waals surface area contributed by atoms with Gasteiger partial charge in [0.25, 0.3) is 11.8 Å². The van der Waals surface area contributed by atoms with Crippen molar-refractivity contribution in [3.05, 3.63) is 117 Å². The summed E-state index contributed by atoms with van der Waals surface area (Å²) in [6.07, 6.45) is 8.86. The SMILES string of the molecule is CCCCC(CC)CN1C(=O)C(c2ccc(C)cc2)=c2ccc3c4c(ccc3c21)=C(c1ccc(-c2ccc(C)s2)cc1)C(=O)N4CC(CC)CCCC. The highest BCUT2D eigenvalue weighted by Gasteiger charge is 2.36.